The van der Waals surface area contributed by atoms with Gasteiger partial charge in [0.25, 0.3) is 0 Å². The molecule has 0 radical (unpaired) electrons. The summed E-state index contributed by atoms with van der Waals surface area (Å²) in [4.78, 5) is 0. The van der Waals surface area contributed by atoms with Crippen LogP contribution in [0.4, 0.5) is 0 Å². The summed E-state index contributed by atoms with van der Waals surface area (Å²) in [6.45, 7) is 24.8. The van der Waals surface area contributed by atoms with Crippen LogP contribution in [0.1, 0.15) is 83.1 Å². The van der Waals surface area contributed by atoms with Crippen LogP contribution in [0, 0.1) is 0 Å². The Labute approximate surface area is 173 Å². The van der Waals surface area contributed by atoms with E-state index in [0.717, 1.165) is 0 Å². The average Bonchev–Trinajstić information content (AvgIpc) is 2.27. The summed E-state index contributed by atoms with van der Waals surface area (Å²) >= 11 is 0. The van der Waals surface area contributed by atoms with E-state index in [1.807, 2.05) is 0 Å². The van der Waals surface area contributed by atoms with Crippen molar-refractivity contribution < 1.29 is 21.7 Å². The molecule has 0 aliphatic heterocycles. The van der Waals surface area contributed by atoms with E-state index in [1.165, 1.54) is 0 Å². The van der Waals surface area contributed by atoms with Gasteiger partial charge in [-0.05, 0) is 0 Å². The first-order valence-corrected chi connectivity index (χ1v) is 8.59. The molecule has 0 heterocycles. The normalized spacial score (nSPS) is 13.0. The van der Waals surface area contributed by atoms with Crippen molar-refractivity contribution in [2.45, 2.75) is 105 Å². The fourth-order valence-corrected chi connectivity index (χ4v) is 1.03. The second-order valence-electron chi connectivity index (χ2n) is 9.80. The standard InChI is InChI=1S/2C10H20N2.Ti/c2*1-9(2,3)11-7-8-12-10(4,5)6;/h2*7-8H,1-6H3;/q2*-2;+4/b2*8-7-;. The quantitative estimate of drug-likeness (QED) is 0.448. The number of hydrogen-bond donors (Lipinski definition) is 0. The molecule has 0 atom stereocenters. The number of nitrogens with zero attached hydrogens (tertiary/aromatic N) is 4. The molecule has 4 nitrogen and oxygen atoms in total. The van der Waals surface area contributed by atoms with Crippen molar-refractivity contribution in [2.24, 2.45) is 0 Å². The van der Waals surface area contributed by atoms with Gasteiger partial charge in [0.2, 0.25) is 0 Å². The van der Waals surface area contributed by atoms with Crippen molar-refractivity contribution in [1.29, 1.82) is 0 Å². The molecule has 0 saturated carbocycles. The molecule has 0 unspecified atom stereocenters. The Kier molecular flexibility index (Phi) is 13.9. The first kappa shape index (κ1) is 29.2. The van der Waals surface area contributed by atoms with E-state index in [0.29, 0.717) is 0 Å². The molecule has 0 aromatic carbocycles. The first-order valence-electron chi connectivity index (χ1n) is 8.59. The summed E-state index contributed by atoms with van der Waals surface area (Å²) in [5, 5.41) is 17.1. The van der Waals surface area contributed by atoms with Crippen LogP contribution in [0.3, 0.4) is 0 Å². The molecule has 0 aliphatic carbocycles. The molecule has 0 N–H and O–H groups in total. The minimum Gasteiger partial charge on any atom is -0.687 e. The minimum absolute atomic E-state index is 0. The van der Waals surface area contributed by atoms with Gasteiger partial charge >= 0.3 is 21.7 Å². The molecule has 0 aliphatic rings. The maximum Gasteiger partial charge on any atom is 4.00 e. The van der Waals surface area contributed by atoms with Gasteiger partial charge in [0, 0.05) is 0 Å². The van der Waals surface area contributed by atoms with Crippen LogP contribution in [-0.2, 0) is 21.7 Å². The van der Waals surface area contributed by atoms with Gasteiger partial charge in [-0.25, -0.2) is 24.8 Å². The predicted molar refractivity (Wildman–Crippen MR) is 111 cm³/mol. The Morgan fingerprint density at radius 1 is 0.360 bits per heavy atom. The van der Waals surface area contributed by atoms with Crippen LogP contribution in [0.5, 0.6) is 0 Å². The van der Waals surface area contributed by atoms with Gasteiger partial charge in [-0.1, -0.05) is 83.1 Å². The molecule has 0 aromatic heterocycles. The van der Waals surface area contributed by atoms with Gasteiger partial charge < -0.3 is 21.3 Å². The van der Waals surface area contributed by atoms with E-state index in [9.17, 15) is 0 Å². The van der Waals surface area contributed by atoms with Crippen LogP contribution in [0.15, 0.2) is 24.8 Å². The summed E-state index contributed by atoms with van der Waals surface area (Å²) in [7, 11) is 0. The Hall–Kier alpha value is -0.606. The van der Waals surface area contributed by atoms with Gasteiger partial charge in [-0.2, -0.15) is 0 Å². The van der Waals surface area contributed by atoms with Crippen molar-refractivity contribution in [3.63, 3.8) is 0 Å². The fourth-order valence-electron chi connectivity index (χ4n) is 1.03. The van der Waals surface area contributed by atoms with Crippen molar-refractivity contribution in [3.8, 4) is 0 Å². The molecule has 5 heteroatoms. The molecule has 0 spiro atoms. The number of hydrogen-bond acceptors (Lipinski definition) is 0. The molecule has 25 heavy (non-hydrogen) atoms. The monoisotopic (exact) mass is 384 g/mol. The van der Waals surface area contributed by atoms with Crippen molar-refractivity contribution in [3.05, 3.63) is 46.1 Å². The zero-order chi connectivity index (χ0) is 19.7. The summed E-state index contributed by atoms with van der Waals surface area (Å²) in [6, 6.07) is 0. The van der Waals surface area contributed by atoms with Crippen molar-refractivity contribution >= 4 is 0 Å². The van der Waals surface area contributed by atoms with Crippen molar-refractivity contribution in [2.75, 3.05) is 0 Å². The van der Waals surface area contributed by atoms with Gasteiger partial charge in [0.05, 0.1) is 0 Å². The van der Waals surface area contributed by atoms with Crippen LogP contribution in [0.25, 0.3) is 21.3 Å². The SMILES string of the molecule is CC(C)(C)[N-]/C=C\[N-]C(C)(C)C.CC(C)(C)[N-]/C=C\[N-]C(C)(C)C.[Ti+4]. The van der Waals surface area contributed by atoms with E-state index in [2.05, 4.69) is 104 Å². The van der Waals surface area contributed by atoms with Gasteiger partial charge in [-0.15, -0.1) is 22.2 Å². The number of rotatable bonds is 4. The van der Waals surface area contributed by atoms with Gasteiger partial charge in [0.1, 0.15) is 0 Å². The Morgan fingerprint density at radius 3 is 0.560 bits per heavy atom. The molecule has 0 amide bonds. The maximum atomic E-state index is 4.29. The Balaban J connectivity index is -0.000000372. The smallest absolute Gasteiger partial charge is 0.687 e. The summed E-state index contributed by atoms with van der Waals surface area (Å²) in [5.74, 6) is 0. The van der Waals surface area contributed by atoms with E-state index in [-0.39, 0.29) is 43.9 Å². The van der Waals surface area contributed by atoms with Crippen LogP contribution < -0.4 is 0 Å². The second-order valence-corrected chi connectivity index (χ2v) is 9.80. The third-order valence-corrected chi connectivity index (χ3v) is 1.98. The topological polar surface area (TPSA) is 56.4 Å². The molecule has 0 saturated heterocycles. The Bertz CT molecular complexity index is 300. The first-order chi connectivity index (χ1) is 10.4. The predicted octanol–water partition coefficient (Wildman–Crippen LogP) is 7.60. The zero-order valence-corrected chi connectivity index (χ0v) is 20.2. The van der Waals surface area contributed by atoms with Crippen LogP contribution >= 0.6 is 0 Å². The van der Waals surface area contributed by atoms with Crippen molar-refractivity contribution in [1.82, 2.24) is 0 Å². The van der Waals surface area contributed by atoms with Crippen LogP contribution in [0.2, 0.25) is 0 Å². The van der Waals surface area contributed by atoms with Gasteiger partial charge in [0.15, 0.2) is 0 Å². The largest absolute Gasteiger partial charge is 4.00 e. The van der Waals surface area contributed by atoms with E-state index in [1.54, 1.807) is 24.8 Å². The molecule has 0 bridgehead atoms. The summed E-state index contributed by atoms with van der Waals surface area (Å²) < 4.78 is 0. The fraction of sp³-hybridized carbons (Fsp3) is 0.800. The molecule has 0 fully saturated rings. The molecular weight excluding hydrogens is 344 g/mol. The molecule has 0 rings (SSSR count). The average molecular weight is 384 g/mol. The third-order valence-electron chi connectivity index (χ3n) is 1.98. The maximum absolute atomic E-state index is 4.29. The molecule has 144 valence electrons. The Morgan fingerprint density at radius 2 is 0.480 bits per heavy atom. The van der Waals surface area contributed by atoms with Crippen LogP contribution in [-0.4, -0.2) is 22.2 Å². The third kappa shape index (κ3) is 35.4. The summed E-state index contributed by atoms with van der Waals surface area (Å²) in [5.41, 5.74) is 0.0155. The molecular formula is C20H40N4Ti. The van der Waals surface area contributed by atoms with E-state index < -0.39 is 0 Å². The minimum atomic E-state index is 0. The van der Waals surface area contributed by atoms with E-state index in [4.69, 9.17) is 0 Å². The molecule has 0 aromatic rings. The zero-order valence-electron chi connectivity index (χ0n) is 18.6. The second kappa shape index (κ2) is 11.9. The summed E-state index contributed by atoms with van der Waals surface area (Å²) in [6.07, 6.45) is 7.08. The van der Waals surface area contributed by atoms with Gasteiger partial charge in [-0.3, -0.25) is 0 Å². The van der Waals surface area contributed by atoms with E-state index >= 15 is 0 Å².